The van der Waals surface area contributed by atoms with Crippen molar-refractivity contribution in [3.63, 3.8) is 0 Å². The van der Waals surface area contributed by atoms with E-state index in [0.717, 1.165) is 32.3 Å². The fourth-order valence-corrected chi connectivity index (χ4v) is 5.35. The summed E-state index contributed by atoms with van der Waals surface area (Å²) >= 11 is 1.46. The number of thiophene rings is 1. The number of carboxylic acids is 1. The molecule has 1 heterocycles. The number of carbonyl (C=O) groups is 3. The van der Waals surface area contributed by atoms with E-state index in [0.29, 0.717) is 5.69 Å². The normalized spacial score (nSPS) is 13.0. The second-order valence-electron chi connectivity index (χ2n) is 8.25. The molecule has 4 aromatic rings. The van der Waals surface area contributed by atoms with Crippen LogP contribution in [0.1, 0.15) is 23.5 Å². The Morgan fingerprint density at radius 1 is 0.914 bits per heavy atom. The highest BCUT2D eigenvalue weighted by atomic mass is 32.1. The van der Waals surface area contributed by atoms with Crippen molar-refractivity contribution in [1.29, 1.82) is 0 Å². The highest BCUT2D eigenvalue weighted by Crippen LogP contribution is 2.44. The summed E-state index contributed by atoms with van der Waals surface area (Å²) in [5.74, 6) is -1.98. The van der Waals surface area contributed by atoms with Crippen LogP contribution in [-0.2, 0) is 14.3 Å². The van der Waals surface area contributed by atoms with Gasteiger partial charge in [-0.1, -0.05) is 60.7 Å². The molecule has 3 N–H and O–H groups in total. The molecule has 0 spiro atoms. The zero-order valence-corrected chi connectivity index (χ0v) is 19.4. The number of hydrogen-bond donors (Lipinski definition) is 3. The third-order valence-electron chi connectivity index (χ3n) is 6.07. The monoisotopic (exact) mass is 486 g/mol. The Bertz CT molecular complexity index is 1380. The SMILES string of the molecule is O=C(O)CC(NC(=O)OCC1c2ccccc2-c2ccccc21)C(=O)Nc1cccc2ccsc12. The van der Waals surface area contributed by atoms with Crippen molar-refractivity contribution >= 4 is 45.1 Å². The summed E-state index contributed by atoms with van der Waals surface area (Å²) in [7, 11) is 0. The molecule has 176 valence electrons. The quantitative estimate of drug-likeness (QED) is 0.332. The maximum Gasteiger partial charge on any atom is 0.407 e. The van der Waals surface area contributed by atoms with Crippen molar-refractivity contribution < 1.29 is 24.2 Å². The third-order valence-corrected chi connectivity index (χ3v) is 7.03. The van der Waals surface area contributed by atoms with Crippen molar-refractivity contribution in [2.24, 2.45) is 0 Å². The Kier molecular flexibility index (Phi) is 6.20. The molecule has 0 saturated heterocycles. The van der Waals surface area contributed by atoms with Gasteiger partial charge in [0.1, 0.15) is 12.6 Å². The first-order valence-electron chi connectivity index (χ1n) is 11.1. The van der Waals surface area contributed by atoms with E-state index < -0.39 is 30.4 Å². The van der Waals surface area contributed by atoms with Gasteiger partial charge in [0.15, 0.2) is 0 Å². The zero-order valence-electron chi connectivity index (χ0n) is 18.6. The average Bonchev–Trinajstić information content (AvgIpc) is 3.46. The summed E-state index contributed by atoms with van der Waals surface area (Å²) in [5.41, 5.74) is 4.88. The van der Waals surface area contributed by atoms with Crippen LogP contribution in [-0.4, -0.2) is 35.7 Å². The molecule has 5 rings (SSSR count). The van der Waals surface area contributed by atoms with Gasteiger partial charge < -0.3 is 20.5 Å². The van der Waals surface area contributed by atoms with Crippen LogP contribution in [0.25, 0.3) is 21.2 Å². The molecule has 0 radical (unpaired) electrons. The van der Waals surface area contributed by atoms with Gasteiger partial charge in [0.05, 0.1) is 16.8 Å². The molecule has 1 unspecified atom stereocenters. The lowest BCUT2D eigenvalue weighted by Gasteiger charge is -2.19. The van der Waals surface area contributed by atoms with Crippen LogP contribution in [0, 0.1) is 0 Å². The number of fused-ring (bicyclic) bond motifs is 4. The van der Waals surface area contributed by atoms with E-state index >= 15 is 0 Å². The first kappa shape index (κ1) is 22.6. The minimum absolute atomic E-state index is 0.0653. The number of ether oxygens (including phenoxy) is 1. The first-order valence-corrected chi connectivity index (χ1v) is 12.0. The van der Waals surface area contributed by atoms with Gasteiger partial charge in [0.25, 0.3) is 0 Å². The van der Waals surface area contributed by atoms with Crippen molar-refractivity contribution in [1.82, 2.24) is 5.32 Å². The molecule has 1 aliphatic carbocycles. The van der Waals surface area contributed by atoms with Crippen LogP contribution < -0.4 is 10.6 Å². The second kappa shape index (κ2) is 9.60. The summed E-state index contributed by atoms with van der Waals surface area (Å²) < 4.78 is 6.36. The molecule has 0 fully saturated rings. The Labute approximate surface area is 205 Å². The Morgan fingerprint density at radius 3 is 2.29 bits per heavy atom. The number of nitrogens with one attached hydrogen (secondary N) is 2. The van der Waals surface area contributed by atoms with E-state index in [2.05, 4.69) is 10.6 Å². The van der Waals surface area contributed by atoms with Crippen molar-refractivity contribution in [3.05, 3.63) is 89.3 Å². The maximum absolute atomic E-state index is 12.9. The molecule has 1 aromatic heterocycles. The van der Waals surface area contributed by atoms with Crippen LogP contribution >= 0.6 is 11.3 Å². The fourth-order valence-electron chi connectivity index (χ4n) is 4.48. The average molecular weight is 487 g/mol. The zero-order chi connectivity index (χ0) is 24.4. The number of carboxylic acid groups (broad SMARTS) is 1. The molecule has 1 aliphatic rings. The predicted octanol–water partition coefficient (Wildman–Crippen LogP) is 5.22. The molecule has 35 heavy (non-hydrogen) atoms. The van der Waals surface area contributed by atoms with Gasteiger partial charge in [-0.15, -0.1) is 11.3 Å². The van der Waals surface area contributed by atoms with Gasteiger partial charge in [0.2, 0.25) is 5.91 Å². The highest BCUT2D eigenvalue weighted by Gasteiger charge is 2.30. The number of alkyl carbamates (subject to hydrolysis) is 1. The Hall–Kier alpha value is -4.17. The van der Waals surface area contributed by atoms with Gasteiger partial charge in [-0.3, -0.25) is 9.59 Å². The van der Waals surface area contributed by atoms with Crippen molar-refractivity contribution in [2.45, 2.75) is 18.4 Å². The lowest BCUT2D eigenvalue weighted by Crippen LogP contribution is -2.45. The molecular weight excluding hydrogens is 464 g/mol. The largest absolute Gasteiger partial charge is 0.481 e. The van der Waals surface area contributed by atoms with Crippen LogP contribution in [0.5, 0.6) is 0 Å². The standard InChI is InChI=1S/C27H22N2O5S/c30-24(31)14-23(26(32)28-22-11-5-6-16-12-13-35-25(16)22)29-27(33)34-15-21-19-9-3-1-7-17(19)18-8-2-4-10-20(18)21/h1-13,21,23H,14-15H2,(H,28,32)(H,29,33)(H,30,31). The van der Waals surface area contributed by atoms with E-state index in [1.54, 1.807) is 12.1 Å². The second-order valence-corrected chi connectivity index (χ2v) is 9.17. The topological polar surface area (TPSA) is 105 Å². The van der Waals surface area contributed by atoms with Gasteiger partial charge in [-0.05, 0) is 45.2 Å². The molecule has 3 aromatic carbocycles. The van der Waals surface area contributed by atoms with Gasteiger partial charge in [-0.2, -0.15) is 0 Å². The molecular formula is C27H22N2O5S. The lowest BCUT2D eigenvalue weighted by atomic mass is 9.98. The summed E-state index contributed by atoms with van der Waals surface area (Å²) in [6.07, 6.45) is -1.42. The number of rotatable bonds is 7. The lowest BCUT2D eigenvalue weighted by molar-refractivity contribution is -0.139. The number of aliphatic carboxylic acids is 1. The minimum atomic E-state index is -1.29. The van der Waals surface area contributed by atoms with E-state index in [1.807, 2.05) is 66.0 Å². The van der Waals surface area contributed by atoms with Gasteiger partial charge >= 0.3 is 12.1 Å². The maximum atomic E-state index is 12.9. The fraction of sp³-hybridized carbons (Fsp3) is 0.148. The van der Waals surface area contributed by atoms with Crippen LogP contribution in [0.3, 0.4) is 0 Å². The molecule has 0 saturated carbocycles. The minimum Gasteiger partial charge on any atom is -0.481 e. The number of anilines is 1. The van der Waals surface area contributed by atoms with E-state index in [1.165, 1.54) is 11.3 Å². The Morgan fingerprint density at radius 2 is 1.60 bits per heavy atom. The van der Waals surface area contributed by atoms with E-state index in [9.17, 15) is 19.5 Å². The molecule has 2 amide bonds. The van der Waals surface area contributed by atoms with E-state index in [4.69, 9.17) is 4.74 Å². The molecule has 8 heteroatoms. The molecule has 7 nitrogen and oxygen atoms in total. The van der Waals surface area contributed by atoms with Crippen molar-refractivity contribution in [3.8, 4) is 11.1 Å². The predicted molar refractivity (Wildman–Crippen MR) is 135 cm³/mol. The number of hydrogen-bond acceptors (Lipinski definition) is 5. The van der Waals surface area contributed by atoms with E-state index in [-0.39, 0.29) is 12.5 Å². The Balaban J connectivity index is 1.28. The van der Waals surface area contributed by atoms with Crippen LogP contribution in [0.4, 0.5) is 10.5 Å². The van der Waals surface area contributed by atoms with Crippen LogP contribution in [0.2, 0.25) is 0 Å². The van der Waals surface area contributed by atoms with Crippen molar-refractivity contribution in [2.75, 3.05) is 11.9 Å². The molecule has 0 aliphatic heterocycles. The number of amides is 2. The summed E-state index contributed by atoms with van der Waals surface area (Å²) in [6.45, 7) is 0.0653. The van der Waals surface area contributed by atoms with Gasteiger partial charge in [0, 0.05) is 5.92 Å². The molecule has 0 bridgehead atoms. The summed E-state index contributed by atoms with van der Waals surface area (Å²) in [5, 5.41) is 17.3. The highest BCUT2D eigenvalue weighted by molar-refractivity contribution is 7.17. The summed E-state index contributed by atoms with van der Waals surface area (Å²) in [4.78, 5) is 36.9. The smallest absolute Gasteiger partial charge is 0.407 e. The first-order chi connectivity index (χ1) is 17.0. The third kappa shape index (κ3) is 4.61. The molecule has 1 atom stereocenters. The van der Waals surface area contributed by atoms with Crippen LogP contribution in [0.15, 0.2) is 78.2 Å². The summed E-state index contributed by atoms with van der Waals surface area (Å²) in [6, 6.07) is 22.0. The number of benzene rings is 3. The van der Waals surface area contributed by atoms with Gasteiger partial charge in [-0.25, -0.2) is 4.79 Å². The number of carbonyl (C=O) groups excluding carboxylic acids is 2.